The number of aliphatic hydroxyl groups excluding tert-OH is 1. The number of urea groups is 1. The second-order valence-corrected chi connectivity index (χ2v) is 8.28. The number of amides is 2. The van der Waals surface area contributed by atoms with E-state index in [2.05, 4.69) is 30.5 Å². The van der Waals surface area contributed by atoms with E-state index in [1.807, 2.05) is 30.8 Å². The number of hydrogen-bond acceptors (Lipinski definition) is 5. The predicted molar refractivity (Wildman–Crippen MR) is 118 cm³/mol. The van der Waals surface area contributed by atoms with Gasteiger partial charge in [-0.15, -0.1) is 11.8 Å². The number of thioether (sulfide) groups is 1. The van der Waals surface area contributed by atoms with E-state index in [1.165, 1.54) is 12.0 Å². The number of ether oxygens (including phenoxy) is 2. The molecule has 0 aliphatic rings. The molecule has 0 saturated carbocycles. The van der Waals surface area contributed by atoms with Crippen molar-refractivity contribution in [2.45, 2.75) is 43.4 Å². The largest absolute Gasteiger partial charge is 0.497 e. The smallest absolute Gasteiger partial charge is 0.319 e. The van der Waals surface area contributed by atoms with E-state index in [0.717, 1.165) is 17.7 Å². The highest BCUT2D eigenvalue weighted by atomic mass is 32.2. The van der Waals surface area contributed by atoms with Crippen LogP contribution in [-0.2, 0) is 0 Å². The van der Waals surface area contributed by atoms with Crippen molar-refractivity contribution in [3.63, 3.8) is 0 Å². The molecule has 2 rings (SSSR count). The van der Waals surface area contributed by atoms with Crippen molar-refractivity contribution in [1.29, 1.82) is 0 Å². The molecule has 0 aliphatic carbocycles. The van der Waals surface area contributed by atoms with Crippen molar-refractivity contribution >= 4 is 23.5 Å². The van der Waals surface area contributed by atoms with E-state index in [4.69, 9.17) is 9.47 Å². The number of methoxy groups -OCH3 is 2. The highest BCUT2D eigenvalue weighted by Crippen LogP contribution is 2.30. The molecule has 0 saturated heterocycles. The first-order valence-corrected chi connectivity index (χ1v) is 10.5. The summed E-state index contributed by atoms with van der Waals surface area (Å²) in [5.41, 5.74) is 2.28. The van der Waals surface area contributed by atoms with Crippen molar-refractivity contribution in [3.8, 4) is 11.5 Å². The van der Waals surface area contributed by atoms with Crippen LogP contribution in [-0.4, -0.2) is 37.2 Å². The standard InChI is InChI=1S/C22H30N2O4S/c1-6-15(3)29-17-8-9-19(14(2)11-17)24-22(26)23-13-20(25)18-12-16(27-4)7-10-21(18)28-5/h7-12,15,20,25H,6,13H2,1-5H3,(H2,23,24,26). The number of carbonyl (C=O) groups is 1. The van der Waals surface area contributed by atoms with E-state index in [9.17, 15) is 9.90 Å². The Hall–Kier alpha value is -2.38. The van der Waals surface area contributed by atoms with Crippen molar-refractivity contribution in [2.75, 3.05) is 26.1 Å². The van der Waals surface area contributed by atoms with Gasteiger partial charge in [0.05, 0.1) is 14.2 Å². The maximum Gasteiger partial charge on any atom is 0.319 e. The minimum absolute atomic E-state index is 0.0381. The van der Waals surface area contributed by atoms with Gasteiger partial charge in [0.1, 0.15) is 17.6 Å². The van der Waals surface area contributed by atoms with Gasteiger partial charge in [0.2, 0.25) is 0 Å². The fourth-order valence-electron chi connectivity index (χ4n) is 2.73. The number of aliphatic hydroxyl groups is 1. The fraction of sp³-hybridized carbons (Fsp3) is 0.409. The molecule has 3 N–H and O–H groups in total. The van der Waals surface area contributed by atoms with Crippen LogP contribution in [0, 0.1) is 6.92 Å². The SMILES string of the molecule is CCC(C)Sc1ccc(NC(=O)NCC(O)c2cc(OC)ccc2OC)c(C)c1. The van der Waals surface area contributed by atoms with Crippen molar-refractivity contribution in [3.05, 3.63) is 47.5 Å². The molecule has 0 spiro atoms. The van der Waals surface area contributed by atoms with Gasteiger partial charge in [-0.25, -0.2) is 4.79 Å². The van der Waals surface area contributed by atoms with Crippen molar-refractivity contribution < 1.29 is 19.4 Å². The summed E-state index contributed by atoms with van der Waals surface area (Å²) >= 11 is 1.82. The number of benzene rings is 2. The van der Waals surface area contributed by atoms with E-state index in [0.29, 0.717) is 22.3 Å². The zero-order chi connectivity index (χ0) is 21.4. The second-order valence-electron chi connectivity index (χ2n) is 6.77. The third-order valence-corrected chi connectivity index (χ3v) is 5.87. The summed E-state index contributed by atoms with van der Waals surface area (Å²) in [4.78, 5) is 13.5. The maximum atomic E-state index is 12.3. The Morgan fingerprint density at radius 1 is 1.17 bits per heavy atom. The molecule has 2 aromatic rings. The summed E-state index contributed by atoms with van der Waals surface area (Å²) < 4.78 is 10.5. The Balaban J connectivity index is 1.96. The van der Waals surface area contributed by atoms with Crippen LogP contribution in [0.15, 0.2) is 41.3 Å². The highest BCUT2D eigenvalue weighted by molar-refractivity contribution is 7.99. The zero-order valence-electron chi connectivity index (χ0n) is 17.6. The minimum Gasteiger partial charge on any atom is -0.497 e. The lowest BCUT2D eigenvalue weighted by Crippen LogP contribution is -2.32. The normalized spacial score (nSPS) is 12.8. The first kappa shape index (κ1) is 22.9. The lowest BCUT2D eigenvalue weighted by molar-refractivity contribution is 0.170. The molecule has 0 aliphatic heterocycles. The molecule has 0 radical (unpaired) electrons. The van der Waals surface area contributed by atoms with Crippen LogP contribution < -0.4 is 20.1 Å². The van der Waals surface area contributed by atoms with Crippen LogP contribution in [0.2, 0.25) is 0 Å². The molecule has 7 heteroatoms. The lowest BCUT2D eigenvalue weighted by Gasteiger charge is -2.17. The number of anilines is 1. The number of hydrogen-bond donors (Lipinski definition) is 3. The summed E-state index contributed by atoms with van der Waals surface area (Å²) in [6.45, 7) is 6.37. The summed E-state index contributed by atoms with van der Waals surface area (Å²) in [6.07, 6.45) is 0.174. The highest BCUT2D eigenvalue weighted by Gasteiger charge is 2.16. The average molecular weight is 419 g/mol. The first-order chi connectivity index (χ1) is 13.9. The van der Waals surface area contributed by atoms with Gasteiger partial charge in [-0.05, 0) is 55.3 Å². The second kappa shape index (κ2) is 11.0. The molecule has 0 fully saturated rings. The van der Waals surface area contributed by atoms with Gasteiger partial charge in [0.25, 0.3) is 0 Å². The molecule has 2 aromatic carbocycles. The van der Waals surface area contributed by atoms with Crippen LogP contribution in [0.1, 0.15) is 37.5 Å². The van der Waals surface area contributed by atoms with Crippen LogP contribution in [0.4, 0.5) is 10.5 Å². The summed E-state index contributed by atoms with van der Waals surface area (Å²) in [5, 5.41) is 16.6. The maximum absolute atomic E-state index is 12.3. The zero-order valence-corrected chi connectivity index (χ0v) is 18.4. The van der Waals surface area contributed by atoms with Gasteiger partial charge in [0.15, 0.2) is 0 Å². The van der Waals surface area contributed by atoms with Crippen LogP contribution in [0.3, 0.4) is 0 Å². The predicted octanol–water partition coefficient (Wildman–Crippen LogP) is 4.76. The number of carbonyl (C=O) groups excluding carboxylic acids is 1. The Labute approximate surface area is 177 Å². The summed E-state index contributed by atoms with van der Waals surface area (Å²) in [7, 11) is 3.09. The topological polar surface area (TPSA) is 79.8 Å². The average Bonchev–Trinajstić information content (AvgIpc) is 2.73. The Morgan fingerprint density at radius 2 is 1.93 bits per heavy atom. The van der Waals surface area contributed by atoms with Gasteiger partial charge < -0.3 is 25.2 Å². The molecule has 2 amide bonds. The van der Waals surface area contributed by atoms with Crippen LogP contribution >= 0.6 is 11.8 Å². The summed E-state index contributed by atoms with van der Waals surface area (Å²) in [6, 6.07) is 10.8. The van der Waals surface area contributed by atoms with Gasteiger partial charge in [-0.2, -0.15) is 0 Å². The Kier molecular flexibility index (Phi) is 8.67. The van der Waals surface area contributed by atoms with Crippen LogP contribution in [0.25, 0.3) is 0 Å². The molecular formula is C22H30N2O4S. The fourth-order valence-corrected chi connectivity index (χ4v) is 3.75. The molecule has 6 nitrogen and oxygen atoms in total. The van der Waals surface area contributed by atoms with Gasteiger partial charge in [-0.3, -0.25) is 0 Å². The molecule has 2 atom stereocenters. The van der Waals surface area contributed by atoms with Gasteiger partial charge >= 0.3 is 6.03 Å². The minimum atomic E-state index is -0.929. The number of aryl methyl sites for hydroxylation is 1. The molecule has 2 unspecified atom stereocenters. The Bertz CT molecular complexity index is 828. The third kappa shape index (κ3) is 6.58. The summed E-state index contributed by atoms with van der Waals surface area (Å²) in [5.74, 6) is 1.14. The Morgan fingerprint density at radius 3 is 2.55 bits per heavy atom. The molecular weight excluding hydrogens is 388 g/mol. The van der Waals surface area contributed by atoms with Crippen molar-refractivity contribution in [1.82, 2.24) is 5.32 Å². The van der Waals surface area contributed by atoms with Crippen LogP contribution in [0.5, 0.6) is 11.5 Å². The molecule has 29 heavy (non-hydrogen) atoms. The molecule has 0 bridgehead atoms. The quantitative estimate of drug-likeness (QED) is 0.512. The van der Waals surface area contributed by atoms with Crippen molar-refractivity contribution in [2.24, 2.45) is 0 Å². The first-order valence-electron chi connectivity index (χ1n) is 9.60. The monoisotopic (exact) mass is 418 g/mol. The lowest BCUT2D eigenvalue weighted by atomic mass is 10.1. The van der Waals surface area contributed by atoms with Gasteiger partial charge in [0, 0.05) is 27.9 Å². The van der Waals surface area contributed by atoms with Gasteiger partial charge in [-0.1, -0.05) is 13.8 Å². The molecule has 0 heterocycles. The number of rotatable bonds is 9. The van der Waals surface area contributed by atoms with E-state index in [-0.39, 0.29) is 12.6 Å². The molecule has 0 aromatic heterocycles. The van der Waals surface area contributed by atoms with E-state index in [1.54, 1.807) is 25.3 Å². The number of nitrogens with one attached hydrogen (secondary N) is 2. The van der Waals surface area contributed by atoms with E-state index < -0.39 is 6.10 Å². The van der Waals surface area contributed by atoms with E-state index >= 15 is 0 Å². The molecule has 158 valence electrons. The third-order valence-electron chi connectivity index (χ3n) is 4.61.